The molecular weight excluding hydrogens is 328 g/mol. The van der Waals surface area contributed by atoms with Crippen molar-refractivity contribution in [2.45, 2.75) is 44.9 Å². The number of nitrogens with zero attached hydrogens (tertiary/aromatic N) is 1. The predicted molar refractivity (Wildman–Crippen MR) is 92.1 cm³/mol. The number of hydrogen-bond donors (Lipinski definition) is 1. The molecule has 0 radical (unpaired) electrons. The van der Waals surface area contributed by atoms with Gasteiger partial charge in [-0.2, -0.15) is 13.5 Å². The van der Waals surface area contributed by atoms with Crippen molar-refractivity contribution < 1.29 is 17.9 Å². The molecule has 0 amide bonds. The van der Waals surface area contributed by atoms with E-state index in [9.17, 15) is 13.2 Å². The molecule has 1 aromatic carbocycles. The summed E-state index contributed by atoms with van der Waals surface area (Å²) in [4.78, 5) is 14.3. The largest absolute Gasteiger partial charge is 0.466 e. The van der Waals surface area contributed by atoms with Crippen molar-refractivity contribution in [3.05, 3.63) is 29.8 Å². The molecule has 1 fully saturated rings. The van der Waals surface area contributed by atoms with Gasteiger partial charge in [0.2, 0.25) is 0 Å². The molecule has 2 rings (SSSR count). The number of ether oxygens (including phenoxy) is 1. The van der Waals surface area contributed by atoms with Gasteiger partial charge in [0.1, 0.15) is 0 Å². The zero-order chi connectivity index (χ0) is 17.7. The highest BCUT2D eigenvalue weighted by Gasteiger charge is 2.30. The molecule has 7 heteroatoms. The van der Waals surface area contributed by atoms with Gasteiger partial charge in [-0.05, 0) is 51.2 Å². The van der Waals surface area contributed by atoms with Crippen LogP contribution in [0.1, 0.15) is 38.7 Å². The van der Waals surface area contributed by atoms with Gasteiger partial charge in [0.25, 0.3) is 10.0 Å². The van der Waals surface area contributed by atoms with Gasteiger partial charge in [-0.15, -0.1) is 0 Å². The molecule has 1 aliphatic rings. The number of aryl methyl sites for hydroxylation is 1. The van der Waals surface area contributed by atoms with Crippen molar-refractivity contribution in [2.24, 2.45) is 16.9 Å². The second-order valence-electron chi connectivity index (χ2n) is 6.14. The van der Waals surface area contributed by atoms with Crippen LogP contribution >= 0.6 is 0 Å². The van der Waals surface area contributed by atoms with Crippen LogP contribution in [0.2, 0.25) is 0 Å². The number of carbonyl (C=O) groups excluding carboxylic acids is 1. The van der Waals surface area contributed by atoms with Crippen molar-refractivity contribution in [3.8, 4) is 0 Å². The van der Waals surface area contributed by atoms with E-state index in [0.29, 0.717) is 25.9 Å². The molecule has 0 aromatic heterocycles. The monoisotopic (exact) mass is 352 g/mol. The third-order valence-corrected chi connectivity index (χ3v) is 5.44. The topological polar surface area (TPSA) is 84.8 Å². The Morgan fingerprint density at radius 1 is 1.33 bits per heavy atom. The van der Waals surface area contributed by atoms with Gasteiger partial charge in [-0.25, -0.2) is 4.83 Å². The summed E-state index contributed by atoms with van der Waals surface area (Å²) in [6.45, 7) is 6.01. The summed E-state index contributed by atoms with van der Waals surface area (Å²) in [7, 11) is -3.67. The lowest BCUT2D eigenvalue weighted by Gasteiger charge is -2.26. The van der Waals surface area contributed by atoms with E-state index in [1.165, 1.54) is 0 Å². The summed E-state index contributed by atoms with van der Waals surface area (Å²) in [5, 5.41) is 4.10. The first kappa shape index (κ1) is 18.4. The molecule has 1 aromatic rings. The Balaban J connectivity index is 2.02. The van der Waals surface area contributed by atoms with Crippen molar-refractivity contribution in [2.75, 3.05) is 6.61 Å². The van der Waals surface area contributed by atoms with Gasteiger partial charge in [0, 0.05) is 5.71 Å². The van der Waals surface area contributed by atoms with Gasteiger partial charge in [0.05, 0.1) is 17.4 Å². The van der Waals surface area contributed by atoms with Crippen LogP contribution in [0.15, 0.2) is 34.3 Å². The Labute approximate surface area is 143 Å². The first-order valence-electron chi connectivity index (χ1n) is 8.15. The lowest BCUT2D eigenvalue weighted by molar-refractivity contribution is -0.148. The van der Waals surface area contributed by atoms with E-state index >= 15 is 0 Å². The number of benzene rings is 1. The van der Waals surface area contributed by atoms with E-state index in [4.69, 9.17) is 4.74 Å². The average Bonchev–Trinajstić information content (AvgIpc) is 2.54. The molecule has 1 saturated carbocycles. The van der Waals surface area contributed by atoms with Crippen LogP contribution in [0.3, 0.4) is 0 Å². The Hall–Kier alpha value is -1.89. The lowest BCUT2D eigenvalue weighted by Crippen LogP contribution is -2.31. The third-order valence-electron chi connectivity index (χ3n) is 4.22. The molecular formula is C17H24N2O4S. The third kappa shape index (κ3) is 4.56. The highest BCUT2D eigenvalue weighted by molar-refractivity contribution is 7.89. The van der Waals surface area contributed by atoms with E-state index in [1.807, 2.05) is 13.8 Å². The second kappa shape index (κ2) is 7.79. The molecule has 2 atom stereocenters. The number of esters is 1. The summed E-state index contributed by atoms with van der Waals surface area (Å²) in [5.41, 5.74) is 1.76. The van der Waals surface area contributed by atoms with E-state index in [-0.39, 0.29) is 22.7 Å². The van der Waals surface area contributed by atoms with Crippen molar-refractivity contribution in [3.63, 3.8) is 0 Å². The van der Waals surface area contributed by atoms with E-state index in [1.54, 1.807) is 31.2 Å². The Morgan fingerprint density at radius 3 is 2.58 bits per heavy atom. The van der Waals surface area contributed by atoms with Crippen LogP contribution in [0.4, 0.5) is 0 Å². The Kier molecular flexibility index (Phi) is 5.99. The lowest BCUT2D eigenvalue weighted by atomic mass is 9.81. The Bertz CT molecular complexity index is 711. The maximum Gasteiger partial charge on any atom is 0.308 e. The molecule has 0 spiro atoms. The minimum atomic E-state index is -3.67. The standard InChI is InChI=1S/C17H24N2O4S/c1-4-23-17(20)14-7-10-16(13(3)11-14)18-19-24(21,22)15-8-5-12(2)6-9-15/h5-6,8-9,13-14,19H,4,7,10-11H2,1-3H3. The van der Waals surface area contributed by atoms with Crippen LogP contribution < -0.4 is 4.83 Å². The molecule has 1 aliphatic carbocycles. The maximum absolute atomic E-state index is 12.3. The van der Waals surface area contributed by atoms with Crippen molar-refractivity contribution >= 4 is 21.7 Å². The number of hydrazone groups is 1. The van der Waals surface area contributed by atoms with E-state index in [2.05, 4.69) is 9.93 Å². The highest BCUT2D eigenvalue weighted by Crippen LogP contribution is 2.28. The summed E-state index contributed by atoms with van der Waals surface area (Å²) < 4.78 is 29.6. The first-order valence-corrected chi connectivity index (χ1v) is 9.63. The second-order valence-corrected chi connectivity index (χ2v) is 7.80. The summed E-state index contributed by atoms with van der Waals surface area (Å²) >= 11 is 0. The molecule has 1 N–H and O–H groups in total. The smallest absolute Gasteiger partial charge is 0.308 e. The summed E-state index contributed by atoms with van der Waals surface area (Å²) in [5.74, 6) is -0.273. The minimum absolute atomic E-state index is 0.0360. The van der Waals surface area contributed by atoms with E-state index < -0.39 is 10.0 Å². The van der Waals surface area contributed by atoms with Gasteiger partial charge in [0.15, 0.2) is 0 Å². The van der Waals surface area contributed by atoms with Gasteiger partial charge < -0.3 is 4.74 Å². The molecule has 2 unspecified atom stereocenters. The molecule has 6 nitrogen and oxygen atoms in total. The fourth-order valence-electron chi connectivity index (χ4n) is 2.78. The van der Waals surface area contributed by atoms with Crippen LogP contribution in [0, 0.1) is 18.8 Å². The average molecular weight is 352 g/mol. The number of carbonyl (C=O) groups is 1. The van der Waals surface area contributed by atoms with Crippen LogP contribution in [-0.2, 0) is 19.6 Å². The van der Waals surface area contributed by atoms with Gasteiger partial charge in [-0.1, -0.05) is 24.6 Å². The number of sulfonamides is 1. The Morgan fingerprint density at radius 2 is 2.00 bits per heavy atom. The SMILES string of the molecule is CCOC(=O)C1CCC(=NNS(=O)(=O)c2ccc(C)cc2)C(C)C1. The fourth-order valence-corrected chi connectivity index (χ4v) is 3.62. The van der Waals surface area contributed by atoms with Crippen LogP contribution in [-0.4, -0.2) is 26.7 Å². The first-order chi connectivity index (χ1) is 11.3. The van der Waals surface area contributed by atoms with E-state index in [0.717, 1.165) is 11.3 Å². The number of nitrogens with one attached hydrogen (secondary N) is 1. The summed E-state index contributed by atoms with van der Waals surface area (Å²) in [6, 6.07) is 6.60. The fraction of sp³-hybridized carbons (Fsp3) is 0.529. The zero-order valence-electron chi connectivity index (χ0n) is 14.3. The normalized spacial score (nSPS) is 23.0. The molecule has 0 saturated heterocycles. The quantitative estimate of drug-likeness (QED) is 0.652. The van der Waals surface area contributed by atoms with Gasteiger partial charge >= 0.3 is 5.97 Å². The molecule has 24 heavy (non-hydrogen) atoms. The van der Waals surface area contributed by atoms with Crippen molar-refractivity contribution in [1.29, 1.82) is 0 Å². The number of hydrogen-bond acceptors (Lipinski definition) is 5. The molecule has 0 heterocycles. The number of rotatable bonds is 5. The molecule has 0 bridgehead atoms. The minimum Gasteiger partial charge on any atom is -0.466 e. The maximum atomic E-state index is 12.3. The molecule has 132 valence electrons. The van der Waals surface area contributed by atoms with Gasteiger partial charge in [-0.3, -0.25) is 4.79 Å². The summed E-state index contributed by atoms with van der Waals surface area (Å²) in [6.07, 6.45) is 1.85. The predicted octanol–water partition coefficient (Wildman–Crippen LogP) is 2.63. The zero-order valence-corrected chi connectivity index (χ0v) is 15.1. The van der Waals surface area contributed by atoms with Crippen LogP contribution in [0.5, 0.6) is 0 Å². The van der Waals surface area contributed by atoms with Crippen LogP contribution in [0.25, 0.3) is 0 Å². The van der Waals surface area contributed by atoms with Crippen molar-refractivity contribution in [1.82, 2.24) is 4.83 Å². The highest BCUT2D eigenvalue weighted by atomic mass is 32.2. The molecule has 0 aliphatic heterocycles.